The van der Waals surface area contributed by atoms with Crippen molar-refractivity contribution in [1.82, 2.24) is 0 Å². The van der Waals surface area contributed by atoms with Gasteiger partial charge in [-0.3, -0.25) is 4.79 Å². The van der Waals surface area contributed by atoms with E-state index >= 15 is 0 Å². The van der Waals surface area contributed by atoms with Crippen LogP contribution in [0, 0.1) is 0 Å². The molecule has 0 bridgehead atoms. The lowest BCUT2D eigenvalue weighted by Crippen LogP contribution is -2.04. The Labute approximate surface area is 149 Å². The van der Waals surface area contributed by atoms with E-state index in [2.05, 4.69) is 0 Å². The molecule has 2 aromatic rings. The molecule has 1 unspecified atom stereocenters. The Kier molecular flexibility index (Phi) is 5.17. The fraction of sp³-hybridized carbons (Fsp3) is 0.278. The maximum absolute atomic E-state index is 10.7. The number of carbonyl (C=O) groups is 1. The van der Waals surface area contributed by atoms with Gasteiger partial charge in [0.05, 0.1) is 6.61 Å². The molecular weight excluding hydrogens is 351 g/mol. The normalized spacial score (nSPS) is 15.7. The first-order valence-electron chi connectivity index (χ1n) is 7.58. The second kappa shape index (κ2) is 7.32. The zero-order valence-corrected chi connectivity index (χ0v) is 14.3. The Balaban J connectivity index is 1.65. The van der Waals surface area contributed by atoms with Crippen LogP contribution in [0.2, 0.25) is 10.0 Å². The first-order valence-corrected chi connectivity index (χ1v) is 8.34. The van der Waals surface area contributed by atoms with Crippen molar-refractivity contribution in [3.05, 3.63) is 57.6 Å². The van der Waals surface area contributed by atoms with Crippen molar-refractivity contribution in [2.24, 2.45) is 0 Å². The highest BCUT2D eigenvalue weighted by Gasteiger charge is 2.25. The molecule has 0 aliphatic carbocycles. The number of fused-ring (bicyclic) bond motifs is 1. The lowest BCUT2D eigenvalue weighted by atomic mass is 9.96. The summed E-state index contributed by atoms with van der Waals surface area (Å²) in [5.74, 6) is 0.767. The standard InChI is InChI=1S/C18H16Cl2O4/c19-13-3-1-12(16(20)7-13)10-23-14-4-5-15-11(2-6-18(21)22)9-24-17(15)8-14/h1,3-5,7-8,11H,2,6,9-10H2,(H,21,22). The summed E-state index contributed by atoms with van der Waals surface area (Å²) in [6.45, 7) is 0.840. The van der Waals surface area contributed by atoms with E-state index in [0.29, 0.717) is 35.4 Å². The van der Waals surface area contributed by atoms with Crippen LogP contribution in [0.1, 0.15) is 29.9 Å². The second-order valence-electron chi connectivity index (χ2n) is 5.66. The highest BCUT2D eigenvalue weighted by atomic mass is 35.5. The van der Waals surface area contributed by atoms with Gasteiger partial charge in [-0.1, -0.05) is 35.3 Å². The molecule has 2 aromatic carbocycles. The highest BCUT2D eigenvalue weighted by Crippen LogP contribution is 2.39. The molecule has 1 aliphatic heterocycles. The van der Waals surface area contributed by atoms with Crippen LogP contribution in [0.5, 0.6) is 11.5 Å². The number of carboxylic acid groups (broad SMARTS) is 1. The molecule has 3 rings (SSSR count). The van der Waals surface area contributed by atoms with Gasteiger partial charge in [0.25, 0.3) is 0 Å². The Morgan fingerprint density at radius 3 is 2.83 bits per heavy atom. The Hall–Kier alpha value is -1.91. The molecule has 126 valence electrons. The van der Waals surface area contributed by atoms with Gasteiger partial charge in [0.1, 0.15) is 18.1 Å². The van der Waals surface area contributed by atoms with E-state index in [9.17, 15) is 4.79 Å². The number of hydrogen-bond acceptors (Lipinski definition) is 3. The first-order chi connectivity index (χ1) is 11.5. The van der Waals surface area contributed by atoms with Crippen molar-refractivity contribution >= 4 is 29.2 Å². The van der Waals surface area contributed by atoms with Crippen molar-refractivity contribution in [3.8, 4) is 11.5 Å². The van der Waals surface area contributed by atoms with E-state index in [0.717, 1.165) is 16.9 Å². The van der Waals surface area contributed by atoms with Crippen LogP contribution < -0.4 is 9.47 Å². The molecule has 0 saturated heterocycles. The minimum absolute atomic E-state index is 0.121. The lowest BCUT2D eigenvalue weighted by Gasteiger charge is -2.10. The zero-order valence-electron chi connectivity index (χ0n) is 12.8. The minimum atomic E-state index is -0.789. The maximum Gasteiger partial charge on any atom is 0.303 e. The SMILES string of the molecule is O=C(O)CCC1COc2cc(OCc3ccc(Cl)cc3Cl)ccc21. The molecule has 1 atom stereocenters. The van der Waals surface area contributed by atoms with Gasteiger partial charge >= 0.3 is 5.97 Å². The number of halogens is 2. The van der Waals surface area contributed by atoms with E-state index in [1.165, 1.54) is 0 Å². The van der Waals surface area contributed by atoms with Crippen LogP contribution in [-0.4, -0.2) is 17.7 Å². The third-order valence-corrected chi connectivity index (χ3v) is 4.57. The zero-order chi connectivity index (χ0) is 17.1. The van der Waals surface area contributed by atoms with Crippen LogP contribution in [0.15, 0.2) is 36.4 Å². The molecule has 24 heavy (non-hydrogen) atoms. The monoisotopic (exact) mass is 366 g/mol. The molecule has 1 aliphatic rings. The smallest absolute Gasteiger partial charge is 0.303 e. The largest absolute Gasteiger partial charge is 0.493 e. The average Bonchev–Trinajstić information content (AvgIpc) is 2.94. The van der Waals surface area contributed by atoms with Gasteiger partial charge in [-0.25, -0.2) is 0 Å². The van der Waals surface area contributed by atoms with Crippen molar-refractivity contribution in [3.63, 3.8) is 0 Å². The van der Waals surface area contributed by atoms with Gasteiger partial charge in [-0.2, -0.15) is 0 Å². The topological polar surface area (TPSA) is 55.8 Å². The Morgan fingerprint density at radius 1 is 1.25 bits per heavy atom. The van der Waals surface area contributed by atoms with Crippen LogP contribution in [0.25, 0.3) is 0 Å². The molecule has 1 N–H and O–H groups in total. The summed E-state index contributed by atoms with van der Waals surface area (Å²) in [6, 6.07) is 10.9. The number of hydrogen-bond donors (Lipinski definition) is 1. The van der Waals surface area contributed by atoms with Crippen molar-refractivity contribution < 1.29 is 19.4 Å². The van der Waals surface area contributed by atoms with Crippen molar-refractivity contribution in [2.75, 3.05) is 6.61 Å². The fourth-order valence-corrected chi connectivity index (χ4v) is 3.15. The average molecular weight is 367 g/mol. The highest BCUT2D eigenvalue weighted by molar-refractivity contribution is 6.35. The number of rotatable bonds is 6. The van der Waals surface area contributed by atoms with E-state index in [1.807, 2.05) is 24.3 Å². The van der Waals surface area contributed by atoms with Crippen LogP contribution in [0.3, 0.4) is 0 Å². The summed E-state index contributed by atoms with van der Waals surface area (Å²) in [5, 5.41) is 9.95. The Morgan fingerprint density at radius 2 is 2.08 bits per heavy atom. The van der Waals surface area contributed by atoms with Gasteiger partial charge < -0.3 is 14.6 Å². The van der Waals surface area contributed by atoms with Crippen LogP contribution in [-0.2, 0) is 11.4 Å². The van der Waals surface area contributed by atoms with Gasteiger partial charge in [0.2, 0.25) is 0 Å². The van der Waals surface area contributed by atoms with E-state index in [4.69, 9.17) is 37.8 Å². The third-order valence-electron chi connectivity index (χ3n) is 3.98. The van der Waals surface area contributed by atoms with Gasteiger partial charge in [-0.05, 0) is 24.6 Å². The molecule has 0 spiro atoms. The van der Waals surface area contributed by atoms with E-state index in [-0.39, 0.29) is 12.3 Å². The molecule has 0 saturated carbocycles. The summed E-state index contributed by atoms with van der Waals surface area (Å²) in [4.78, 5) is 10.7. The van der Waals surface area contributed by atoms with Crippen LogP contribution >= 0.6 is 23.2 Å². The molecule has 0 fully saturated rings. The van der Waals surface area contributed by atoms with Crippen LogP contribution in [0.4, 0.5) is 0 Å². The maximum atomic E-state index is 10.7. The fourth-order valence-electron chi connectivity index (χ4n) is 2.68. The third kappa shape index (κ3) is 3.94. The first kappa shape index (κ1) is 16.9. The molecule has 0 amide bonds. The number of carboxylic acids is 1. The summed E-state index contributed by atoms with van der Waals surface area (Å²) < 4.78 is 11.4. The van der Waals surface area contributed by atoms with Crippen molar-refractivity contribution in [2.45, 2.75) is 25.4 Å². The molecule has 0 radical (unpaired) electrons. The number of benzene rings is 2. The second-order valence-corrected chi connectivity index (χ2v) is 6.51. The molecular formula is C18H16Cl2O4. The Bertz CT molecular complexity index is 761. The summed E-state index contributed by atoms with van der Waals surface area (Å²) in [6.07, 6.45) is 0.712. The molecule has 4 nitrogen and oxygen atoms in total. The van der Waals surface area contributed by atoms with E-state index < -0.39 is 5.97 Å². The van der Waals surface area contributed by atoms with E-state index in [1.54, 1.807) is 12.1 Å². The van der Waals surface area contributed by atoms with Gasteiger partial charge in [0, 0.05) is 39.6 Å². The lowest BCUT2D eigenvalue weighted by molar-refractivity contribution is -0.137. The summed E-state index contributed by atoms with van der Waals surface area (Å²) >= 11 is 12.0. The quantitative estimate of drug-likeness (QED) is 0.788. The van der Waals surface area contributed by atoms with Gasteiger partial charge in [0.15, 0.2) is 0 Å². The molecule has 1 heterocycles. The summed E-state index contributed by atoms with van der Waals surface area (Å²) in [5.41, 5.74) is 1.88. The molecule has 0 aromatic heterocycles. The predicted molar refractivity (Wildman–Crippen MR) is 92.3 cm³/mol. The predicted octanol–water partition coefficient (Wildman–Crippen LogP) is 4.91. The summed E-state index contributed by atoms with van der Waals surface area (Å²) in [7, 11) is 0. The van der Waals surface area contributed by atoms with Crippen molar-refractivity contribution in [1.29, 1.82) is 0 Å². The number of ether oxygens (including phenoxy) is 2. The van der Waals surface area contributed by atoms with Gasteiger partial charge in [-0.15, -0.1) is 0 Å². The minimum Gasteiger partial charge on any atom is -0.493 e. The number of aliphatic carboxylic acids is 1. The molecule has 6 heteroatoms.